The van der Waals surface area contributed by atoms with Gasteiger partial charge in [-0.25, -0.2) is 9.37 Å². The number of halogens is 1. The highest BCUT2D eigenvalue weighted by molar-refractivity contribution is 5.95. The molecule has 2 aromatic carbocycles. The Balaban J connectivity index is 1.61. The molecule has 220 valence electrons. The summed E-state index contributed by atoms with van der Waals surface area (Å²) in [6.45, 7) is 3.67. The van der Waals surface area contributed by atoms with Crippen molar-refractivity contribution in [3.05, 3.63) is 106 Å². The van der Waals surface area contributed by atoms with Crippen molar-refractivity contribution in [2.75, 3.05) is 26.5 Å². The summed E-state index contributed by atoms with van der Waals surface area (Å²) in [6.07, 6.45) is 6.59. The molecule has 5 aromatic rings. The smallest absolute Gasteiger partial charge is 0.277 e. The van der Waals surface area contributed by atoms with Crippen LogP contribution in [0.1, 0.15) is 28.4 Å². The fourth-order valence-corrected chi connectivity index (χ4v) is 4.83. The topological polar surface area (TPSA) is 114 Å². The van der Waals surface area contributed by atoms with Crippen LogP contribution >= 0.6 is 0 Å². The molecule has 2 amide bonds. The van der Waals surface area contributed by atoms with Gasteiger partial charge in [-0.05, 0) is 68.4 Å². The number of likely N-dealkylation sites (N-methyl/N-ethyl adjacent to an activating group) is 1. The van der Waals surface area contributed by atoms with Gasteiger partial charge in [-0.15, -0.1) is 0 Å². The number of carbonyl (C=O) groups excluding carboxylic acids is 2. The van der Waals surface area contributed by atoms with Gasteiger partial charge in [-0.2, -0.15) is 0 Å². The number of hydrogen-bond acceptors (Lipinski definition) is 6. The van der Waals surface area contributed by atoms with Gasteiger partial charge in [-0.1, -0.05) is 12.1 Å². The van der Waals surface area contributed by atoms with Gasteiger partial charge in [0, 0.05) is 43.0 Å². The van der Waals surface area contributed by atoms with Gasteiger partial charge in [0.15, 0.2) is 0 Å². The summed E-state index contributed by atoms with van der Waals surface area (Å²) in [7, 11) is 4.98. The largest absolute Gasteiger partial charge is 0.345 e. The van der Waals surface area contributed by atoms with Gasteiger partial charge < -0.3 is 20.1 Å². The van der Waals surface area contributed by atoms with Crippen molar-refractivity contribution in [2.45, 2.75) is 26.4 Å². The van der Waals surface area contributed by atoms with Crippen LogP contribution in [0.3, 0.4) is 0 Å². The number of nitrogens with one attached hydrogen (secondary N) is 2. The summed E-state index contributed by atoms with van der Waals surface area (Å²) in [5.41, 5.74) is 3.72. The van der Waals surface area contributed by atoms with Crippen molar-refractivity contribution in [2.24, 2.45) is 0 Å². The molecule has 0 radical (unpaired) electrons. The van der Waals surface area contributed by atoms with Crippen LogP contribution in [-0.4, -0.2) is 63.0 Å². The molecule has 43 heavy (non-hydrogen) atoms. The van der Waals surface area contributed by atoms with E-state index in [0.717, 1.165) is 22.2 Å². The zero-order valence-corrected chi connectivity index (χ0v) is 24.6. The van der Waals surface area contributed by atoms with Crippen LogP contribution in [0, 0.1) is 12.7 Å². The molecule has 1 atom stereocenters. The first-order valence-electron chi connectivity index (χ1n) is 13.7. The number of pyridine rings is 1. The molecular formula is C32H32FN7O3. The summed E-state index contributed by atoms with van der Waals surface area (Å²) in [4.78, 5) is 49.6. The lowest BCUT2D eigenvalue weighted by atomic mass is 10.1. The maximum absolute atomic E-state index is 13.9. The number of anilines is 1. The van der Waals surface area contributed by atoms with E-state index in [0.29, 0.717) is 22.5 Å². The second-order valence-electron chi connectivity index (χ2n) is 10.6. The minimum absolute atomic E-state index is 0.0227. The Morgan fingerprint density at radius 1 is 1.07 bits per heavy atom. The van der Waals surface area contributed by atoms with Crippen molar-refractivity contribution in [3.8, 4) is 17.1 Å². The van der Waals surface area contributed by atoms with Gasteiger partial charge in [-0.3, -0.25) is 23.9 Å². The number of hydrogen-bond donors (Lipinski definition) is 2. The summed E-state index contributed by atoms with van der Waals surface area (Å²) in [6, 6.07) is 12.9. The number of nitrogens with zero attached hydrogens (tertiary/aromatic N) is 5. The first-order chi connectivity index (χ1) is 20.6. The second-order valence-corrected chi connectivity index (χ2v) is 10.6. The normalized spacial score (nSPS) is 11.9. The number of aromatic nitrogens is 4. The highest BCUT2D eigenvalue weighted by Crippen LogP contribution is 2.26. The second kappa shape index (κ2) is 12.0. The summed E-state index contributed by atoms with van der Waals surface area (Å²) in [5.74, 6) is -0.561. The fraction of sp³-hybridized carbons (Fsp3) is 0.219. The molecule has 0 saturated carbocycles. The zero-order valence-electron chi connectivity index (χ0n) is 24.6. The molecule has 0 saturated heterocycles. The molecule has 2 N–H and O–H groups in total. The minimum atomic E-state index is -0.532. The van der Waals surface area contributed by atoms with Crippen LogP contribution in [0.2, 0.25) is 0 Å². The number of benzene rings is 2. The Kier molecular flexibility index (Phi) is 8.18. The zero-order chi connectivity index (χ0) is 30.8. The van der Waals surface area contributed by atoms with Gasteiger partial charge >= 0.3 is 0 Å². The van der Waals surface area contributed by atoms with Gasteiger partial charge in [0.25, 0.3) is 11.5 Å². The van der Waals surface area contributed by atoms with E-state index in [1.54, 1.807) is 70.8 Å². The van der Waals surface area contributed by atoms with Crippen molar-refractivity contribution < 1.29 is 14.0 Å². The summed E-state index contributed by atoms with van der Waals surface area (Å²) < 4.78 is 17.3. The maximum Gasteiger partial charge on any atom is 0.277 e. The predicted molar refractivity (Wildman–Crippen MR) is 164 cm³/mol. The lowest BCUT2D eigenvalue weighted by molar-refractivity contribution is -0.117. The van der Waals surface area contributed by atoms with E-state index in [1.807, 2.05) is 23.8 Å². The molecule has 0 aliphatic heterocycles. The molecule has 5 rings (SSSR count). The predicted octanol–water partition coefficient (Wildman–Crippen LogP) is 3.99. The Labute approximate surface area is 247 Å². The van der Waals surface area contributed by atoms with Gasteiger partial charge in [0.2, 0.25) is 5.91 Å². The summed E-state index contributed by atoms with van der Waals surface area (Å²) in [5, 5.41) is 6.31. The van der Waals surface area contributed by atoms with Crippen molar-refractivity contribution in [1.29, 1.82) is 0 Å². The number of fused-ring (bicyclic) bond motifs is 1. The number of carbonyl (C=O) groups is 2. The summed E-state index contributed by atoms with van der Waals surface area (Å²) >= 11 is 0. The molecule has 0 aliphatic rings. The van der Waals surface area contributed by atoms with E-state index in [-0.39, 0.29) is 29.9 Å². The molecular weight excluding hydrogens is 549 g/mol. The fourth-order valence-electron chi connectivity index (χ4n) is 4.83. The monoisotopic (exact) mass is 581 g/mol. The number of amides is 2. The van der Waals surface area contributed by atoms with E-state index in [9.17, 15) is 18.8 Å². The third-order valence-electron chi connectivity index (χ3n) is 7.27. The molecule has 1 unspecified atom stereocenters. The Bertz CT molecular complexity index is 1910. The Morgan fingerprint density at radius 2 is 1.86 bits per heavy atom. The van der Waals surface area contributed by atoms with Gasteiger partial charge in [0.1, 0.15) is 17.3 Å². The van der Waals surface area contributed by atoms with Crippen LogP contribution in [0.4, 0.5) is 10.1 Å². The van der Waals surface area contributed by atoms with E-state index in [1.165, 1.54) is 27.8 Å². The van der Waals surface area contributed by atoms with Crippen molar-refractivity contribution in [3.63, 3.8) is 0 Å². The van der Waals surface area contributed by atoms with Crippen LogP contribution in [0.15, 0.2) is 78.1 Å². The Hall–Kier alpha value is -5.16. The molecule has 10 nitrogen and oxygen atoms in total. The average molecular weight is 582 g/mol. The highest BCUT2D eigenvalue weighted by atomic mass is 19.1. The Morgan fingerprint density at radius 3 is 2.60 bits per heavy atom. The SMILES string of the molecule is CNC(C)C(=O)Nc1cnc(-c2cccc(C(=O)N(C)C)c2)n(Cc2cncc(-n3cc(C)c4cc(F)ccc43)c2)c1=O. The third-order valence-corrected chi connectivity index (χ3v) is 7.27. The van der Waals surface area contributed by atoms with Crippen LogP contribution in [0.25, 0.3) is 28.0 Å². The molecule has 3 heterocycles. The molecule has 0 fully saturated rings. The first-order valence-corrected chi connectivity index (χ1v) is 13.7. The standard InChI is InChI=1S/C32H32FN7O3/c1-19-17-39(28-10-9-24(33)13-26(19)28)25-11-21(14-35-15-25)18-40-29(22-7-6-8-23(12-22)31(42)38(4)5)36-16-27(32(40)43)37-30(41)20(2)34-3/h6-17,20,34H,18H2,1-5H3,(H,37,41). The molecule has 0 spiro atoms. The maximum atomic E-state index is 13.9. The van der Waals surface area contributed by atoms with E-state index in [2.05, 4.69) is 20.6 Å². The molecule has 3 aromatic heterocycles. The minimum Gasteiger partial charge on any atom is -0.345 e. The van der Waals surface area contributed by atoms with Gasteiger partial charge in [0.05, 0.1) is 36.2 Å². The molecule has 0 bridgehead atoms. The lowest BCUT2D eigenvalue weighted by Crippen LogP contribution is -2.38. The highest BCUT2D eigenvalue weighted by Gasteiger charge is 2.19. The van der Waals surface area contributed by atoms with Crippen LogP contribution < -0.4 is 16.2 Å². The quantitative estimate of drug-likeness (QED) is 0.287. The third kappa shape index (κ3) is 5.93. The number of aryl methyl sites for hydroxylation is 1. The van der Waals surface area contributed by atoms with E-state index >= 15 is 0 Å². The molecule has 11 heteroatoms. The lowest BCUT2D eigenvalue weighted by Gasteiger charge is -2.17. The van der Waals surface area contributed by atoms with Crippen molar-refractivity contribution >= 4 is 28.4 Å². The van der Waals surface area contributed by atoms with Crippen LogP contribution in [0.5, 0.6) is 0 Å². The molecule has 0 aliphatic carbocycles. The van der Waals surface area contributed by atoms with E-state index in [4.69, 9.17) is 0 Å². The van der Waals surface area contributed by atoms with Crippen molar-refractivity contribution in [1.82, 2.24) is 29.3 Å². The van der Waals surface area contributed by atoms with E-state index < -0.39 is 11.6 Å². The first kappa shape index (κ1) is 29.3. The number of rotatable bonds is 8. The van der Waals surface area contributed by atoms with Crippen LogP contribution in [-0.2, 0) is 11.3 Å². The average Bonchev–Trinajstić information content (AvgIpc) is 3.33.